The first-order valence-corrected chi connectivity index (χ1v) is 9.99. The Morgan fingerprint density at radius 2 is 1.66 bits per heavy atom. The van der Waals surface area contributed by atoms with Crippen LogP contribution in [-0.2, 0) is 4.79 Å². The van der Waals surface area contributed by atoms with Crippen molar-refractivity contribution in [2.75, 3.05) is 12.4 Å². The number of methoxy groups -OCH3 is 1. The number of nitrogens with one attached hydrogen (secondary N) is 1. The van der Waals surface area contributed by atoms with E-state index in [1.54, 1.807) is 42.5 Å². The summed E-state index contributed by atoms with van der Waals surface area (Å²) in [6, 6.07) is 19.6. The number of nitrogens with zero attached hydrogens (tertiary/aromatic N) is 1. The van der Waals surface area contributed by atoms with Crippen LogP contribution in [0.3, 0.4) is 0 Å². The van der Waals surface area contributed by atoms with Gasteiger partial charge in [-0.1, -0.05) is 47.5 Å². The molecule has 0 bridgehead atoms. The number of benzene rings is 3. The second kappa shape index (κ2) is 10.5. The lowest BCUT2D eigenvalue weighted by Gasteiger charge is -2.10. The van der Waals surface area contributed by atoms with Crippen LogP contribution in [0.15, 0.2) is 72.3 Å². The maximum Gasteiger partial charge on any atom is 0.343 e. The molecule has 0 heterocycles. The van der Waals surface area contributed by atoms with Crippen molar-refractivity contribution in [3.63, 3.8) is 0 Å². The van der Waals surface area contributed by atoms with Gasteiger partial charge in [0.25, 0.3) is 5.91 Å². The lowest BCUT2D eigenvalue weighted by molar-refractivity contribution is -0.112. The maximum atomic E-state index is 12.5. The SMILES string of the molecule is COc1ccc(C=C(C#N)C(=O)Nc2cc(Cl)cc(Cl)c2)cc1OC(=O)c1ccccc1. The molecule has 0 fully saturated rings. The molecule has 3 aromatic rings. The van der Waals surface area contributed by atoms with Crippen LogP contribution in [0.2, 0.25) is 10.0 Å². The predicted octanol–water partition coefficient (Wildman–Crippen LogP) is 5.77. The zero-order valence-corrected chi connectivity index (χ0v) is 18.3. The van der Waals surface area contributed by atoms with Gasteiger partial charge in [0.1, 0.15) is 11.6 Å². The topological polar surface area (TPSA) is 88.4 Å². The molecule has 0 aromatic heterocycles. The number of ether oxygens (including phenoxy) is 2. The van der Waals surface area contributed by atoms with Gasteiger partial charge in [0, 0.05) is 15.7 Å². The van der Waals surface area contributed by atoms with E-state index >= 15 is 0 Å². The second-order valence-corrected chi connectivity index (χ2v) is 7.32. The highest BCUT2D eigenvalue weighted by Gasteiger charge is 2.15. The fourth-order valence-electron chi connectivity index (χ4n) is 2.74. The number of anilines is 1. The number of hydrogen-bond acceptors (Lipinski definition) is 5. The third kappa shape index (κ3) is 5.88. The van der Waals surface area contributed by atoms with E-state index in [9.17, 15) is 14.9 Å². The Labute approximate surface area is 194 Å². The van der Waals surface area contributed by atoms with Crippen molar-refractivity contribution >= 4 is 46.8 Å². The number of nitriles is 1. The third-order valence-electron chi connectivity index (χ3n) is 4.20. The molecule has 0 aliphatic heterocycles. The molecule has 0 spiro atoms. The fraction of sp³-hybridized carbons (Fsp3) is 0.0417. The molecular weight excluding hydrogens is 451 g/mol. The minimum absolute atomic E-state index is 0.148. The van der Waals surface area contributed by atoms with Crippen LogP contribution in [0.4, 0.5) is 5.69 Å². The van der Waals surface area contributed by atoms with Gasteiger partial charge < -0.3 is 14.8 Å². The molecule has 3 aromatic carbocycles. The zero-order chi connectivity index (χ0) is 23.1. The van der Waals surface area contributed by atoms with E-state index in [0.717, 1.165) is 0 Å². The van der Waals surface area contributed by atoms with Crippen LogP contribution in [0.5, 0.6) is 11.5 Å². The second-order valence-electron chi connectivity index (χ2n) is 6.45. The first-order chi connectivity index (χ1) is 15.4. The average molecular weight is 467 g/mol. The van der Waals surface area contributed by atoms with Crippen LogP contribution in [0.1, 0.15) is 15.9 Å². The zero-order valence-electron chi connectivity index (χ0n) is 16.8. The third-order valence-corrected chi connectivity index (χ3v) is 4.63. The van der Waals surface area contributed by atoms with Gasteiger partial charge in [0.2, 0.25) is 0 Å². The molecule has 0 saturated heterocycles. The molecule has 6 nitrogen and oxygen atoms in total. The molecule has 0 radical (unpaired) electrons. The Morgan fingerprint density at radius 1 is 0.969 bits per heavy atom. The lowest BCUT2D eigenvalue weighted by atomic mass is 10.1. The molecule has 0 saturated carbocycles. The van der Waals surface area contributed by atoms with Crippen molar-refractivity contribution in [3.05, 3.63) is 93.5 Å². The first kappa shape index (κ1) is 22.9. The molecule has 0 unspecified atom stereocenters. The molecular formula is C24H16Cl2N2O4. The van der Waals surface area contributed by atoms with Crippen molar-refractivity contribution < 1.29 is 19.1 Å². The minimum atomic E-state index is -0.649. The predicted molar refractivity (Wildman–Crippen MR) is 123 cm³/mol. The standard InChI is InChI=1S/C24H16Cl2N2O4/c1-31-21-8-7-15(10-22(21)32-24(30)16-5-3-2-4-6-16)9-17(14-27)23(29)28-20-12-18(25)11-19(26)13-20/h2-13H,1H3,(H,28,29). The average Bonchev–Trinajstić information content (AvgIpc) is 2.77. The van der Waals surface area contributed by atoms with Gasteiger partial charge in [0.05, 0.1) is 12.7 Å². The van der Waals surface area contributed by atoms with E-state index in [1.165, 1.54) is 37.5 Å². The number of rotatable bonds is 6. The van der Waals surface area contributed by atoms with Crippen LogP contribution in [0.25, 0.3) is 6.08 Å². The summed E-state index contributed by atoms with van der Waals surface area (Å²) >= 11 is 11.9. The van der Waals surface area contributed by atoms with Crippen LogP contribution in [-0.4, -0.2) is 19.0 Å². The van der Waals surface area contributed by atoms with E-state index in [4.69, 9.17) is 32.7 Å². The van der Waals surface area contributed by atoms with Crippen molar-refractivity contribution in [3.8, 4) is 17.6 Å². The molecule has 3 rings (SSSR count). The normalized spacial score (nSPS) is 10.8. The van der Waals surface area contributed by atoms with Gasteiger partial charge in [-0.2, -0.15) is 5.26 Å². The highest BCUT2D eigenvalue weighted by atomic mass is 35.5. The Bertz CT molecular complexity index is 1210. The summed E-state index contributed by atoms with van der Waals surface area (Å²) in [5.74, 6) is -0.747. The molecule has 160 valence electrons. The van der Waals surface area contributed by atoms with Crippen LogP contribution in [0, 0.1) is 11.3 Å². The van der Waals surface area contributed by atoms with Gasteiger partial charge in [0.15, 0.2) is 11.5 Å². The maximum absolute atomic E-state index is 12.5. The first-order valence-electron chi connectivity index (χ1n) is 9.24. The Kier molecular flexibility index (Phi) is 7.50. The Hall–Kier alpha value is -3.79. The summed E-state index contributed by atoms with van der Waals surface area (Å²) in [5, 5.41) is 12.7. The van der Waals surface area contributed by atoms with Gasteiger partial charge in [-0.05, 0) is 54.1 Å². The quantitative estimate of drug-likeness (QED) is 0.215. The van der Waals surface area contributed by atoms with Gasteiger partial charge in [-0.25, -0.2) is 4.79 Å². The number of carbonyl (C=O) groups is 2. The molecule has 0 aliphatic carbocycles. The van der Waals surface area contributed by atoms with E-state index in [0.29, 0.717) is 32.6 Å². The van der Waals surface area contributed by atoms with Crippen LogP contribution < -0.4 is 14.8 Å². The molecule has 1 amide bonds. The molecule has 32 heavy (non-hydrogen) atoms. The lowest BCUT2D eigenvalue weighted by Crippen LogP contribution is -2.13. The van der Waals surface area contributed by atoms with E-state index < -0.39 is 11.9 Å². The van der Waals surface area contributed by atoms with Crippen molar-refractivity contribution in [2.24, 2.45) is 0 Å². The highest BCUT2D eigenvalue weighted by Crippen LogP contribution is 2.30. The molecule has 0 aliphatic rings. The number of amides is 1. The van der Waals surface area contributed by atoms with Gasteiger partial charge in [-0.15, -0.1) is 0 Å². The summed E-state index contributed by atoms with van der Waals surface area (Å²) in [6.45, 7) is 0. The van der Waals surface area contributed by atoms with Gasteiger partial charge >= 0.3 is 5.97 Å². The highest BCUT2D eigenvalue weighted by molar-refractivity contribution is 6.35. The molecule has 8 heteroatoms. The summed E-state index contributed by atoms with van der Waals surface area (Å²) in [5.41, 5.74) is 0.998. The van der Waals surface area contributed by atoms with E-state index in [-0.39, 0.29) is 11.3 Å². The summed E-state index contributed by atoms with van der Waals surface area (Å²) in [7, 11) is 1.44. The Morgan fingerprint density at radius 3 is 2.28 bits per heavy atom. The number of halogens is 2. The number of hydrogen-bond donors (Lipinski definition) is 1. The fourth-order valence-corrected chi connectivity index (χ4v) is 3.26. The van der Waals surface area contributed by atoms with E-state index in [1.807, 2.05) is 6.07 Å². The summed E-state index contributed by atoms with van der Waals surface area (Å²) in [6.07, 6.45) is 1.36. The van der Waals surface area contributed by atoms with Crippen LogP contribution >= 0.6 is 23.2 Å². The van der Waals surface area contributed by atoms with Crippen molar-refractivity contribution in [2.45, 2.75) is 0 Å². The summed E-state index contributed by atoms with van der Waals surface area (Å²) < 4.78 is 10.7. The monoisotopic (exact) mass is 466 g/mol. The van der Waals surface area contributed by atoms with Gasteiger partial charge in [-0.3, -0.25) is 4.79 Å². The minimum Gasteiger partial charge on any atom is -0.493 e. The molecule has 0 atom stereocenters. The van der Waals surface area contributed by atoms with Crippen molar-refractivity contribution in [1.29, 1.82) is 5.26 Å². The number of carbonyl (C=O) groups excluding carboxylic acids is 2. The number of esters is 1. The molecule has 1 N–H and O–H groups in total. The van der Waals surface area contributed by atoms with Crippen molar-refractivity contribution in [1.82, 2.24) is 0 Å². The van der Waals surface area contributed by atoms with E-state index in [2.05, 4.69) is 5.32 Å². The Balaban J connectivity index is 1.85. The largest absolute Gasteiger partial charge is 0.493 e. The smallest absolute Gasteiger partial charge is 0.343 e. The summed E-state index contributed by atoms with van der Waals surface area (Å²) in [4.78, 5) is 25.0.